The second kappa shape index (κ2) is 5.92. The van der Waals surface area contributed by atoms with Gasteiger partial charge < -0.3 is 4.57 Å². The number of rotatable bonds is 5. The molecule has 0 atom stereocenters. The number of aryl methyl sites for hydroxylation is 1. The zero-order chi connectivity index (χ0) is 14.5. The van der Waals surface area contributed by atoms with E-state index in [-0.39, 0.29) is 18.7 Å². The highest BCUT2D eigenvalue weighted by atomic mass is 16.6. The van der Waals surface area contributed by atoms with E-state index in [9.17, 15) is 19.7 Å². The third-order valence-corrected chi connectivity index (χ3v) is 2.87. The van der Waals surface area contributed by atoms with Crippen molar-refractivity contribution in [2.45, 2.75) is 13.0 Å². The van der Waals surface area contributed by atoms with Gasteiger partial charge in [0.25, 0.3) is 0 Å². The van der Waals surface area contributed by atoms with Crippen molar-refractivity contribution in [1.82, 2.24) is 4.57 Å². The van der Waals surface area contributed by atoms with Gasteiger partial charge in [-0.3, -0.25) is 19.7 Å². The molecule has 1 aromatic carbocycles. The Morgan fingerprint density at radius 2 is 1.85 bits per heavy atom. The van der Waals surface area contributed by atoms with Gasteiger partial charge in [0, 0.05) is 30.8 Å². The number of nitro groups is 1. The number of benzene rings is 1. The first kappa shape index (κ1) is 13.7. The van der Waals surface area contributed by atoms with Gasteiger partial charge in [-0.2, -0.15) is 0 Å². The number of nitrogens with zero attached hydrogens (tertiary/aromatic N) is 2. The van der Waals surface area contributed by atoms with Crippen molar-refractivity contribution < 1.29 is 9.72 Å². The van der Waals surface area contributed by atoms with Gasteiger partial charge in [0.15, 0.2) is 5.78 Å². The van der Waals surface area contributed by atoms with Gasteiger partial charge in [-0.05, 0) is 6.07 Å². The minimum Gasteiger partial charge on any atom is -0.309 e. The minimum absolute atomic E-state index is 0.107. The summed E-state index contributed by atoms with van der Waals surface area (Å²) in [6.45, 7) is 0.119. The lowest BCUT2D eigenvalue weighted by molar-refractivity contribution is -0.386. The minimum atomic E-state index is -0.724. The summed E-state index contributed by atoms with van der Waals surface area (Å²) >= 11 is 0. The number of hydrogen-bond donors (Lipinski definition) is 0. The third-order valence-electron chi connectivity index (χ3n) is 2.87. The van der Waals surface area contributed by atoms with Crippen LogP contribution in [0.2, 0.25) is 0 Å². The molecule has 0 aliphatic carbocycles. The van der Waals surface area contributed by atoms with E-state index >= 15 is 0 Å². The molecule has 1 heterocycles. The molecule has 102 valence electrons. The Morgan fingerprint density at radius 1 is 1.15 bits per heavy atom. The molecule has 0 fully saturated rings. The van der Waals surface area contributed by atoms with Gasteiger partial charge in [-0.15, -0.1) is 0 Å². The summed E-state index contributed by atoms with van der Waals surface area (Å²) in [7, 11) is 0. The molecule has 0 amide bonds. The summed E-state index contributed by atoms with van der Waals surface area (Å²) in [5.74, 6) is -0.107. The standard InChI is InChI=1S/C14H12N2O4/c17-13(11-5-2-1-3-6-11)8-10-15-9-4-7-12(14(15)18)16(19)20/h1-7,9H,8,10H2. The highest BCUT2D eigenvalue weighted by Crippen LogP contribution is 2.06. The fourth-order valence-electron chi connectivity index (χ4n) is 1.83. The van der Waals surface area contributed by atoms with Gasteiger partial charge in [-0.25, -0.2) is 0 Å². The molecular formula is C14H12N2O4. The van der Waals surface area contributed by atoms with Crippen molar-refractivity contribution >= 4 is 11.5 Å². The molecule has 2 rings (SSSR count). The van der Waals surface area contributed by atoms with Crippen LogP contribution in [0, 0.1) is 10.1 Å². The molecule has 1 aromatic heterocycles. The molecule has 0 saturated carbocycles. The van der Waals surface area contributed by atoms with Gasteiger partial charge in [-0.1, -0.05) is 30.3 Å². The number of ketones is 1. The topological polar surface area (TPSA) is 82.2 Å². The number of pyridine rings is 1. The lowest BCUT2D eigenvalue weighted by Gasteiger charge is -2.04. The van der Waals surface area contributed by atoms with Crippen LogP contribution in [0.15, 0.2) is 53.5 Å². The van der Waals surface area contributed by atoms with Crippen LogP contribution in [-0.4, -0.2) is 15.3 Å². The Hall–Kier alpha value is -2.76. The van der Waals surface area contributed by atoms with Crippen LogP contribution in [0.4, 0.5) is 5.69 Å². The van der Waals surface area contributed by atoms with Gasteiger partial charge in [0.1, 0.15) is 0 Å². The normalized spacial score (nSPS) is 10.2. The van der Waals surface area contributed by atoms with Crippen molar-refractivity contribution in [1.29, 1.82) is 0 Å². The molecule has 0 bridgehead atoms. The fourth-order valence-corrected chi connectivity index (χ4v) is 1.83. The van der Waals surface area contributed by atoms with Gasteiger partial charge in [0.05, 0.1) is 4.92 Å². The molecule has 6 heteroatoms. The third kappa shape index (κ3) is 2.97. The van der Waals surface area contributed by atoms with Crippen molar-refractivity contribution in [2.75, 3.05) is 0 Å². The molecular weight excluding hydrogens is 260 g/mol. The Kier molecular flexibility index (Phi) is 4.05. The van der Waals surface area contributed by atoms with E-state index in [2.05, 4.69) is 0 Å². The number of hydrogen-bond acceptors (Lipinski definition) is 4. The molecule has 6 nitrogen and oxygen atoms in total. The lowest BCUT2D eigenvalue weighted by atomic mass is 10.1. The van der Waals surface area contributed by atoms with Crippen molar-refractivity contribution in [3.8, 4) is 0 Å². The largest absolute Gasteiger partial charge is 0.334 e. The predicted molar refractivity (Wildman–Crippen MR) is 72.7 cm³/mol. The van der Waals surface area contributed by atoms with Crippen LogP contribution >= 0.6 is 0 Å². The number of carbonyl (C=O) groups excluding carboxylic acids is 1. The average molecular weight is 272 g/mol. The maximum Gasteiger partial charge on any atom is 0.334 e. The lowest BCUT2D eigenvalue weighted by Crippen LogP contribution is -2.23. The Balaban J connectivity index is 2.12. The highest BCUT2D eigenvalue weighted by Gasteiger charge is 2.14. The van der Waals surface area contributed by atoms with E-state index in [1.807, 2.05) is 6.07 Å². The Labute approximate surface area is 114 Å². The van der Waals surface area contributed by atoms with Gasteiger partial charge in [0.2, 0.25) is 0 Å². The second-order valence-corrected chi connectivity index (χ2v) is 4.19. The maximum atomic E-state index is 11.9. The molecule has 0 aliphatic heterocycles. The van der Waals surface area contributed by atoms with Crippen LogP contribution < -0.4 is 5.56 Å². The summed E-state index contributed by atoms with van der Waals surface area (Å²) in [6, 6.07) is 11.3. The summed E-state index contributed by atoms with van der Waals surface area (Å²) in [5.41, 5.74) is -0.621. The van der Waals surface area contributed by atoms with Crippen LogP contribution in [0.3, 0.4) is 0 Å². The summed E-state index contributed by atoms with van der Waals surface area (Å²) in [6.07, 6.45) is 1.55. The quantitative estimate of drug-likeness (QED) is 0.473. The number of carbonyl (C=O) groups is 1. The number of aromatic nitrogens is 1. The van der Waals surface area contributed by atoms with Crippen LogP contribution in [-0.2, 0) is 6.54 Å². The average Bonchev–Trinajstić information content (AvgIpc) is 2.46. The SMILES string of the molecule is O=C(CCn1cccc([N+](=O)[O-])c1=O)c1ccccc1. The fraction of sp³-hybridized carbons (Fsp3) is 0.143. The van der Waals surface area contributed by atoms with Crippen LogP contribution in [0.5, 0.6) is 0 Å². The molecule has 0 radical (unpaired) electrons. The first-order valence-electron chi connectivity index (χ1n) is 6.01. The predicted octanol–water partition coefficient (Wildman–Crippen LogP) is 2.03. The van der Waals surface area contributed by atoms with Crippen molar-refractivity contribution in [3.63, 3.8) is 0 Å². The maximum absolute atomic E-state index is 11.9. The van der Waals surface area contributed by atoms with E-state index < -0.39 is 16.2 Å². The van der Waals surface area contributed by atoms with E-state index in [0.717, 1.165) is 6.07 Å². The first-order valence-corrected chi connectivity index (χ1v) is 6.01. The van der Waals surface area contributed by atoms with Crippen LogP contribution in [0.1, 0.15) is 16.8 Å². The van der Waals surface area contributed by atoms with E-state index in [1.165, 1.54) is 16.8 Å². The summed E-state index contributed by atoms with van der Waals surface area (Å²) in [5, 5.41) is 10.7. The number of Topliss-reactive ketones (excluding diaryl/α,β-unsaturated/α-hetero) is 1. The molecule has 2 aromatic rings. The molecule has 0 unspecified atom stereocenters. The van der Waals surface area contributed by atoms with E-state index in [1.54, 1.807) is 24.3 Å². The Morgan fingerprint density at radius 3 is 2.50 bits per heavy atom. The summed E-state index contributed by atoms with van der Waals surface area (Å²) < 4.78 is 1.18. The van der Waals surface area contributed by atoms with Crippen molar-refractivity contribution in [3.05, 3.63) is 74.7 Å². The first-order chi connectivity index (χ1) is 9.59. The molecule has 0 saturated heterocycles. The summed E-state index contributed by atoms with van der Waals surface area (Å²) in [4.78, 5) is 33.6. The zero-order valence-corrected chi connectivity index (χ0v) is 10.6. The monoisotopic (exact) mass is 272 g/mol. The van der Waals surface area contributed by atoms with E-state index in [4.69, 9.17) is 0 Å². The molecule has 20 heavy (non-hydrogen) atoms. The zero-order valence-electron chi connectivity index (χ0n) is 10.6. The van der Waals surface area contributed by atoms with Crippen LogP contribution in [0.25, 0.3) is 0 Å². The highest BCUT2D eigenvalue weighted by molar-refractivity contribution is 5.95. The molecule has 0 spiro atoms. The van der Waals surface area contributed by atoms with E-state index in [0.29, 0.717) is 5.56 Å². The van der Waals surface area contributed by atoms with Gasteiger partial charge >= 0.3 is 11.2 Å². The molecule has 0 N–H and O–H groups in total. The van der Waals surface area contributed by atoms with Crippen molar-refractivity contribution in [2.24, 2.45) is 0 Å². The smallest absolute Gasteiger partial charge is 0.309 e. The second-order valence-electron chi connectivity index (χ2n) is 4.19. The molecule has 0 aliphatic rings. The Bertz CT molecular complexity index is 692.